The molecule has 0 radical (unpaired) electrons. The monoisotopic (exact) mass is 270 g/mol. The lowest BCUT2D eigenvalue weighted by atomic mass is 9.95. The van der Waals surface area contributed by atoms with E-state index in [0.29, 0.717) is 6.42 Å². The maximum atomic E-state index is 12.4. The molecule has 0 aliphatic rings. The van der Waals surface area contributed by atoms with Gasteiger partial charge in [0.1, 0.15) is 0 Å². The number of ether oxygens (including phenoxy) is 1. The zero-order valence-corrected chi connectivity index (χ0v) is 12.0. The van der Waals surface area contributed by atoms with Crippen LogP contribution in [0.25, 0.3) is 0 Å². The van der Waals surface area contributed by atoms with Crippen LogP contribution in [0.1, 0.15) is 34.1 Å². The Bertz CT molecular complexity index is 266. The highest BCUT2D eigenvalue weighted by atomic mass is 31.2. The summed E-state index contributed by atoms with van der Waals surface area (Å²) in [5.74, 6) is 0. The highest BCUT2D eigenvalue weighted by Crippen LogP contribution is 2.62. The van der Waals surface area contributed by atoms with Crippen LogP contribution in [0.4, 0.5) is 0 Å². The molecule has 0 aromatic rings. The summed E-state index contributed by atoms with van der Waals surface area (Å²) in [5.41, 5.74) is -0.517. The third kappa shape index (κ3) is 4.66. The van der Waals surface area contributed by atoms with E-state index in [0.717, 1.165) is 0 Å². The van der Waals surface area contributed by atoms with Crippen LogP contribution in [0, 0.1) is 0 Å². The molecule has 0 amide bonds. The quantitative estimate of drug-likeness (QED) is 0.516. The molecule has 0 bridgehead atoms. The molecule has 0 aliphatic carbocycles. The van der Waals surface area contributed by atoms with E-state index in [-0.39, 0.29) is 0 Å². The largest absolute Gasteiger partial charge is 0.379 e. The predicted molar refractivity (Wildman–Crippen MR) is 63.7 cm³/mol. The number of hydrogen-bond acceptors (Lipinski definition) is 6. The first-order valence-corrected chi connectivity index (χ1v) is 6.84. The van der Waals surface area contributed by atoms with Gasteiger partial charge < -0.3 is 14.9 Å². The van der Waals surface area contributed by atoms with Crippen molar-refractivity contribution in [3.05, 3.63) is 0 Å². The van der Waals surface area contributed by atoms with Crippen molar-refractivity contribution in [2.24, 2.45) is 0 Å². The summed E-state index contributed by atoms with van der Waals surface area (Å²) in [6.45, 7) is 5.59. The number of hydrogen-bond donors (Lipinski definition) is 2. The molecule has 0 saturated heterocycles. The number of aliphatic hydroxyl groups is 2. The summed E-state index contributed by atoms with van der Waals surface area (Å²) < 4.78 is 27.3. The van der Waals surface area contributed by atoms with E-state index in [9.17, 15) is 4.57 Å². The molecule has 0 aliphatic heterocycles. The van der Waals surface area contributed by atoms with E-state index in [1.165, 1.54) is 0 Å². The molecule has 0 aromatic carbocycles. The van der Waals surface area contributed by atoms with Crippen molar-refractivity contribution in [1.29, 1.82) is 0 Å². The van der Waals surface area contributed by atoms with Crippen LogP contribution < -0.4 is 0 Å². The summed E-state index contributed by atoms with van der Waals surface area (Å²) in [5, 5.41) is 16.6. The molecular formula is C10H23O6P. The zero-order valence-electron chi connectivity index (χ0n) is 11.1. The fourth-order valence-electron chi connectivity index (χ4n) is 1.75. The molecule has 0 atom stereocenters. The van der Waals surface area contributed by atoms with Gasteiger partial charge in [-0.1, -0.05) is 0 Å². The lowest BCUT2D eigenvalue weighted by Gasteiger charge is -2.37. The zero-order chi connectivity index (χ0) is 13.7. The first-order valence-electron chi connectivity index (χ1n) is 5.30. The maximum absolute atomic E-state index is 12.4. The molecule has 17 heavy (non-hydrogen) atoms. The molecule has 0 saturated carbocycles. The Morgan fingerprint density at radius 1 is 1.06 bits per heavy atom. The average molecular weight is 270 g/mol. The minimum atomic E-state index is -3.61. The smallest absolute Gasteiger partial charge is 0.340 e. The summed E-state index contributed by atoms with van der Waals surface area (Å²) in [4.78, 5) is 0. The molecule has 104 valence electrons. The normalized spacial score (nSPS) is 14.1. The molecule has 6 nitrogen and oxygen atoms in total. The van der Waals surface area contributed by atoms with Gasteiger partial charge in [0.15, 0.2) is 13.6 Å². The fourth-order valence-corrected chi connectivity index (χ4v) is 3.40. The first kappa shape index (κ1) is 17.0. The van der Waals surface area contributed by atoms with Crippen molar-refractivity contribution in [3.63, 3.8) is 0 Å². The maximum Gasteiger partial charge on any atom is 0.340 e. The summed E-state index contributed by atoms with van der Waals surface area (Å²) in [6.07, 6.45) is 0.383. The number of methoxy groups -OCH3 is 1. The van der Waals surface area contributed by atoms with E-state index >= 15 is 0 Å². The van der Waals surface area contributed by atoms with Crippen LogP contribution >= 0.6 is 7.60 Å². The second kappa shape index (κ2) is 6.27. The predicted octanol–water partition coefficient (Wildman–Crippen LogP) is 1.71. The Labute approximate surface area is 102 Å². The van der Waals surface area contributed by atoms with E-state index in [1.54, 1.807) is 21.0 Å². The van der Waals surface area contributed by atoms with Crippen LogP contribution in [0.15, 0.2) is 0 Å². The average Bonchev–Trinajstić information content (AvgIpc) is 2.16. The molecule has 0 aromatic heterocycles. The van der Waals surface area contributed by atoms with E-state index in [1.807, 2.05) is 13.8 Å². The molecule has 0 rings (SSSR count). The summed E-state index contributed by atoms with van der Waals surface area (Å²) >= 11 is 0. The van der Waals surface area contributed by atoms with E-state index < -0.39 is 31.9 Å². The van der Waals surface area contributed by atoms with Gasteiger partial charge in [-0.05, 0) is 34.1 Å². The number of rotatable bonds is 8. The van der Waals surface area contributed by atoms with Gasteiger partial charge in [0.25, 0.3) is 0 Å². The SMILES string of the molecule is COC(C)(C)CC(C)(C)P(=O)(OCO)OCO. The third-order valence-electron chi connectivity index (χ3n) is 2.61. The molecule has 0 heterocycles. The Morgan fingerprint density at radius 3 is 1.76 bits per heavy atom. The first-order chi connectivity index (χ1) is 7.64. The van der Waals surface area contributed by atoms with Crippen molar-refractivity contribution in [2.75, 3.05) is 20.7 Å². The van der Waals surface area contributed by atoms with Gasteiger partial charge in [0.2, 0.25) is 0 Å². The van der Waals surface area contributed by atoms with Crippen molar-refractivity contribution in [2.45, 2.75) is 44.9 Å². The van der Waals surface area contributed by atoms with Gasteiger partial charge in [-0.15, -0.1) is 0 Å². The Morgan fingerprint density at radius 2 is 1.47 bits per heavy atom. The fraction of sp³-hybridized carbons (Fsp3) is 1.00. The topological polar surface area (TPSA) is 85.2 Å². The second-order valence-corrected chi connectivity index (χ2v) is 7.69. The van der Waals surface area contributed by atoms with Crippen molar-refractivity contribution >= 4 is 7.60 Å². The van der Waals surface area contributed by atoms with Crippen molar-refractivity contribution < 1.29 is 28.6 Å². The van der Waals surface area contributed by atoms with E-state index in [2.05, 4.69) is 0 Å². The highest BCUT2D eigenvalue weighted by Gasteiger charge is 2.46. The minimum absolute atomic E-state index is 0.383. The van der Waals surface area contributed by atoms with Gasteiger partial charge >= 0.3 is 7.60 Å². The summed E-state index contributed by atoms with van der Waals surface area (Å²) in [6, 6.07) is 0. The third-order valence-corrected chi connectivity index (χ3v) is 5.16. The van der Waals surface area contributed by atoms with Crippen LogP contribution in [0.2, 0.25) is 0 Å². The Hall–Kier alpha value is 0.0300. The standard InChI is InChI=1S/C10H23O6P/c1-9(2,14-5)6-10(3,4)17(13,15-7-11)16-8-12/h11-12H,6-8H2,1-5H3. The molecular weight excluding hydrogens is 247 g/mol. The highest BCUT2D eigenvalue weighted by molar-refractivity contribution is 7.55. The molecule has 0 fully saturated rings. The minimum Gasteiger partial charge on any atom is -0.379 e. The Kier molecular flexibility index (Phi) is 6.28. The van der Waals surface area contributed by atoms with Gasteiger partial charge in [-0.2, -0.15) is 0 Å². The van der Waals surface area contributed by atoms with Gasteiger partial charge in [0.05, 0.1) is 10.8 Å². The van der Waals surface area contributed by atoms with Crippen LogP contribution in [-0.2, 0) is 18.3 Å². The van der Waals surface area contributed by atoms with Gasteiger partial charge in [-0.25, -0.2) is 0 Å². The second-order valence-electron chi connectivity index (χ2n) is 4.97. The lowest BCUT2D eigenvalue weighted by Crippen LogP contribution is -2.35. The summed E-state index contributed by atoms with van der Waals surface area (Å²) in [7, 11) is -2.06. The van der Waals surface area contributed by atoms with Crippen LogP contribution in [0.3, 0.4) is 0 Å². The number of aliphatic hydroxyl groups excluding tert-OH is 2. The lowest BCUT2D eigenvalue weighted by molar-refractivity contribution is -0.00439. The van der Waals surface area contributed by atoms with Crippen LogP contribution in [-0.4, -0.2) is 41.7 Å². The van der Waals surface area contributed by atoms with Crippen LogP contribution in [0.5, 0.6) is 0 Å². The van der Waals surface area contributed by atoms with Gasteiger partial charge in [0, 0.05) is 7.11 Å². The molecule has 0 spiro atoms. The molecule has 2 N–H and O–H groups in total. The molecule has 7 heteroatoms. The van der Waals surface area contributed by atoms with E-state index in [4.69, 9.17) is 24.0 Å². The van der Waals surface area contributed by atoms with Gasteiger partial charge in [-0.3, -0.25) is 13.6 Å². The van der Waals surface area contributed by atoms with Crippen molar-refractivity contribution in [1.82, 2.24) is 0 Å². The molecule has 0 unspecified atom stereocenters. The van der Waals surface area contributed by atoms with Crippen molar-refractivity contribution in [3.8, 4) is 0 Å². The Balaban J connectivity index is 5.02.